The molecular formula is C12H21N5O3S. The lowest BCUT2D eigenvalue weighted by Gasteiger charge is -2.31. The van der Waals surface area contributed by atoms with Crippen molar-refractivity contribution in [2.24, 2.45) is 5.92 Å². The van der Waals surface area contributed by atoms with E-state index in [1.54, 1.807) is 0 Å². The van der Waals surface area contributed by atoms with Crippen LogP contribution < -0.4 is 10.0 Å². The Labute approximate surface area is 124 Å². The van der Waals surface area contributed by atoms with Crippen molar-refractivity contribution in [3.05, 3.63) is 12.2 Å². The Bertz CT molecular complexity index is 535. The second-order valence-electron chi connectivity index (χ2n) is 5.70. The number of piperidine rings is 1. The molecule has 3 rings (SSSR count). The Kier molecular flexibility index (Phi) is 4.53. The van der Waals surface area contributed by atoms with E-state index in [0.717, 1.165) is 19.4 Å². The van der Waals surface area contributed by atoms with Crippen LogP contribution in [0.25, 0.3) is 0 Å². The van der Waals surface area contributed by atoms with Gasteiger partial charge in [-0.2, -0.15) is 22.4 Å². The van der Waals surface area contributed by atoms with Crippen molar-refractivity contribution >= 4 is 10.2 Å². The van der Waals surface area contributed by atoms with Gasteiger partial charge in [-0.15, -0.1) is 0 Å². The first kappa shape index (κ1) is 14.9. The van der Waals surface area contributed by atoms with Gasteiger partial charge in [-0.3, -0.25) is 0 Å². The van der Waals surface area contributed by atoms with Crippen molar-refractivity contribution in [1.82, 2.24) is 24.5 Å². The van der Waals surface area contributed by atoms with E-state index >= 15 is 0 Å². The van der Waals surface area contributed by atoms with Crippen LogP contribution in [0.3, 0.4) is 0 Å². The Morgan fingerprint density at radius 3 is 2.67 bits per heavy atom. The molecule has 1 aromatic heterocycles. The Morgan fingerprint density at radius 2 is 2.05 bits per heavy atom. The predicted molar refractivity (Wildman–Crippen MR) is 75.4 cm³/mol. The summed E-state index contributed by atoms with van der Waals surface area (Å²) < 4.78 is 32.9. The second kappa shape index (κ2) is 6.39. The molecule has 2 heterocycles. The van der Waals surface area contributed by atoms with E-state index in [9.17, 15) is 8.42 Å². The van der Waals surface area contributed by atoms with E-state index in [1.165, 1.54) is 23.5 Å². The van der Waals surface area contributed by atoms with Crippen molar-refractivity contribution < 1.29 is 12.9 Å². The molecule has 2 aliphatic rings. The highest BCUT2D eigenvalue weighted by Crippen LogP contribution is 2.22. The molecule has 0 unspecified atom stereocenters. The van der Waals surface area contributed by atoms with Gasteiger partial charge in [0.2, 0.25) is 6.39 Å². The van der Waals surface area contributed by atoms with Crippen molar-refractivity contribution in [3.63, 3.8) is 0 Å². The lowest BCUT2D eigenvalue weighted by molar-refractivity contribution is 0.264. The van der Waals surface area contributed by atoms with E-state index in [4.69, 9.17) is 0 Å². The molecule has 0 radical (unpaired) electrons. The number of hydrogen-bond acceptors (Lipinski definition) is 6. The van der Waals surface area contributed by atoms with Crippen LogP contribution in [0.2, 0.25) is 0 Å². The van der Waals surface area contributed by atoms with Crippen LogP contribution >= 0.6 is 0 Å². The fraction of sp³-hybridized carbons (Fsp3) is 0.833. The van der Waals surface area contributed by atoms with Gasteiger partial charge < -0.3 is 9.84 Å². The molecule has 0 atom stereocenters. The molecule has 0 aromatic carbocycles. The highest BCUT2D eigenvalue weighted by Gasteiger charge is 2.29. The zero-order valence-corrected chi connectivity index (χ0v) is 12.7. The van der Waals surface area contributed by atoms with Crippen LogP contribution in [0.1, 0.15) is 31.5 Å². The van der Waals surface area contributed by atoms with Gasteiger partial charge >= 0.3 is 0 Å². The van der Waals surface area contributed by atoms with Crippen molar-refractivity contribution in [2.75, 3.05) is 19.6 Å². The van der Waals surface area contributed by atoms with E-state index in [1.807, 2.05) is 0 Å². The molecule has 21 heavy (non-hydrogen) atoms. The van der Waals surface area contributed by atoms with Crippen LogP contribution in [0.15, 0.2) is 10.9 Å². The summed E-state index contributed by atoms with van der Waals surface area (Å²) in [6, 6.07) is 0.711. The van der Waals surface area contributed by atoms with Crippen molar-refractivity contribution in [3.8, 4) is 0 Å². The first-order valence-corrected chi connectivity index (χ1v) is 8.81. The number of rotatable bonds is 7. The Balaban J connectivity index is 1.43. The molecule has 1 aromatic rings. The normalized spacial score (nSPS) is 21.7. The molecule has 1 saturated heterocycles. The van der Waals surface area contributed by atoms with Crippen LogP contribution in [0.5, 0.6) is 0 Å². The van der Waals surface area contributed by atoms with Gasteiger partial charge in [0.15, 0.2) is 5.82 Å². The highest BCUT2D eigenvalue weighted by molar-refractivity contribution is 7.87. The predicted octanol–water partition coefficient (Wildman–Crippen LogP) is -0.132. The molecule has 8 nitrogen and oxygen atoms in total. The topological polar surface area (TPSA) is 100 Å². The molecule has 2 N–H and O–H groups in total. The maximum atomic E-state index is 12.2. The van der Waals surface area contributed by atoms with Gasteiger partial charge in [-0.05, 0) is 38.1 Å². The first-order chi connectivity index (χ1) is 10.1. The second-order valence-corrected chi connectivity index (χ2v) is 7.45. The quantitative estimate of drug-likeness (QED) is 0.727. The molecular weight excluding hydrogens is 294 g/mol. The Morgan fingerprint density at radius 1 is 1.29 bits per heavy atom. The number of hydrogen-bond donors (Lipinski definition) is 2. The monoisotopic (exact) mass is 315 g/mol. The number of nitrogens with zero attached hydrogens (tertiary/aromatic N) is 3. The molecule has 1 aliphatic carbocycles. The minimum Gasteiger partial charge on any atom is -0.343 e. The average molecular weight is 315 g/mol. The molecule has 0 spiro atoms. The van der Waals surface area contributed by atoms with E-state index < -0.39 is 10.2 Å². The summed E-state index contributed by atoms with van der Waals surface area (Å²) >= 11 is 0. The Hall–Kier alpha value is -1.03. The maximum absolute atomic E-state index is 12.2. The summed E-state index contributed by atoms with van der Waals surface area (Å²) in [5.74, 6) is 0.913. The highest BCUT2D eigenvalue weighted by atomic mass is 32.2. The van der Waals surface area contributed by atoms with E-state index in [0.29, 0.717) is 30.9 Å². The lowest BCUT2D eigenvalue weighted by Crippen LogP contribution is -2.46. The summed E-state index contributed by atoms with van der Waals surface area (Å²) in [7, 11) is -3.46. The third-order valence-electron chi connectivity index (χ3n) is 4.01. The fourth-order valence-electron chi connectivity index (χ4n) is 2.49. The maximum Gasteiger partial charge on any atom is 0.279 e. The third kappa shape index (κ3) is 4.22. The minimum atomic E-state index is -3.46. The van der Waals surface area contributed by atoms with E-state index in [2.05, 4.69) is 24.7 Å². The first-order valence-electron chi connectivity index (χ1n) is 7.37. The van der Waals surface area contributed by atoms with Crippen LogP contribution in [0.4, 0.5) is 0 Å². The SMILES string of the molecule is O=S(=O)(NCc1ncon1)N1CCC(CNC2CC2)CC1. The van der Waals surface area contributed by atoms with Gasteiger partial charge in [0.25, 0.3) is 10.2 Å². The summed E-state index contributed by atoms with van der Waals surface area (Å²) in [5.41, 5.74) is 0. The zero-order valence-electron chi connectivity index (χ0n) is 11.9. The number of aromatic nitrogens is 2. The summed E-state index contributed by atoms with van der Waals surface area (Å²) in [5, 5.41) is 7.10. The van der Waals surface area contributed by atoms with Crippen molar-refractivity contribution in [1.29, 1.82) is 0 Å². The molecule has 118 valence electrons. The van der Waals surface area contributed by atoms with E-state index in [-0.39, 0.29) is 6.54 Å². The summed E-state index contributed by atoms with van der Waals surface area (Å²) in [4.78, 5) is 3.79. The molecule has 0 bridgehead atoms. The van der Waals surface area contributed by atoms with Gasteiger partial charge in [0, 0.05) is 19.1 Å². The standard InChI is InChI=1S/C12H21N5O3S/c18-21(19,15-8-12-14-9-20-16-12)17-5-3-10(4-6-17)7-13-11-1-2-11/h9-11,13,15H,1-8H2. The fourth-order valence-corrected chi connectivity index (χ4v) is 3.68. The molecule has 1 aliphatic heterocycles. The largest absolute Gasteiger partial charge is 0.343 e. The molecule has 1 saturated carbocycles. The van der Waals surface area contributed by atoms with Gasteiger partial charge in [-0.25, -0.2) is 0 Å². The molecule has 9 heteroatoms. The smallest absolute Gasteiger partial charge is 0.279 e. The third-order valence-corrected chi connectivity index (χ3v) is 5.56. The lowest BCUT2D eigenvalue weighted by atomic mass is 9.98. The van der Waals surface area contributed by atoms with Gasteiger partial charge in [0.05, 0.1) is 6.54 Å². The summed E-state index contributed by atoms with van der Waals surface area (Å²) in [6.45, 7) is 2.20. The van der Waals surface area contributed by atoms with Crippen LogP contribution in [-0.2, 0) is 16.8 Å². The zero-order chi connectivity index (χ0) is 14.7. The molecule has 0 amide bonds. The van der Waals surface area contributed by atoms with Crippen LogP contribution in [-0.4, -0.2) is 48.5 Å². The summed E-state index contributed by atoms with van der Waals surface area (Å²) in [6.07, 6.45) is 5.56. The minimum absolute atomic E-state index is 0.0575. The van der Waals surface area contributed by atoms with Gasteiger partial charge in [-0.1, -0.05) is 5.16 Å². The van der Waals surface area contributed by atoms with Crippen molar-refractivity contribution in [2.45, 2.75) is 38.3 Å². The number of nitrogens with one attached hydrogen (secondary N) is 2. The molecule has 2 fully saturated rings. The average Bonchev–Trinajstić information content (AvgIpc) is 3.17. The van der Waals surface area contributed by atoms with Gasteiger partial charge in [0.1, 0.15) is 0 Å². The van der Waals surface area contributed by atoms with Crippen LogP contribution in [0, 0.1) is 5.92 Å².